The smallest absolute Gasteiger partial charge is 0.335 e. The third-order valence-corrected chi connectivity index (χ3v) is 7.50. The Labute approximate surface area is 234 Å². The van der Waals surface area contributed by atoms with Crippen molar-refractivity contribution in [3.63, 3.8) is 0 Å². The van der Waals surface area contributed by atoms with Crippen molar-refractivity contribution in [1.82, 2.24) is 9.66 Å². The van der Waals surface area contributed by atoms with E-state index in [-0.39, 0.29) is 23.6 Å². The molecule has 0 spiro atoms. The average molecular weight is 590 g/mol. The third-order valence-electron chi connectivity index (χ3n) is 6.91. The van der Waals surface area contributed by atoms with Gasteiger partial charge in [0.15, 0.2) is 11.5 Å². The quantitative estimate of drug-likeness (QED) is 0.239. The Balaban J connectivity index is 1.44. The number of methoxy groups -OCH3 is 1. The molecule has 1 aliphatic rings. The maximum absolute atomic E-state index is 13.5. The minimum Gasteiger partial charge on any atom is -0.493 e. The summed E-state index contributed by atoms with van der Waals surface area (Å²) < 4.78 is 13.7. The molecule has 0 saturated heterocycles. The van der Waals surface area contributed by atoms with Gasteiger partial charge in [-0.15, -0.1) is 0 Å². The van der Waals surface area contributed by atoms with Gasteiger partial charge in [-0.1, -0.05) is 43.5 Å². The lowest BCUT2D eigenvalue weighted by Gasteiger charge is -2.22. The molecule has 1 aromatic heterocycles. The van der Waals surface area contributed by atoms with Crippen LogP contribution in [0.25, 0.3) is 10.9 Å². The number of aromatic nitrogens is 2. The molecule has 0 radical (unpaired) electrons. The van der Waals surface area contributed by atoms with E-state index in [1.54, 1.807) is 37.6 Å². The summed E-state index contributed by atoms with van der Waals surface area (Å²) in [6, 6.07) is 17.5. The number of carboxylic acids is 1. The van der Waals surface area contributed by atoms with E-state index in [4.69, 9.17) is 19.6 Å². The molecule has 1 fully saturated rings. The van der Waals surface area contributed by atoms with Crippen molar-refractivity contribution in [3.8, 4) is 11.5 Å². The molecule has 1 heterocycles. The summed E-state index contributed by atoms with van der Waals surface area (Å²) in [5, 5.41) is 14.2. The van der Waals surface area contributed by atoms with Crippen molar-refractivity contribution < 1.29 is 19.4 Å². The fourth-order valence-electron chi connectivity index (χ4n) is 4.86. The maximum Gasteiger partial charge on any atom is 0.335 e. The van der Waals surface area contributed by atoms with Crippen molar-refractivity contribution in [1.29, 1.82) is 0 Å². The van der Waals surface area contributed by atoms with Gasteiger partial charge in [-0.25, -0.2) is 9.78 Å². The SMILES string of the molecule is COc1cc(C=Nn2c(C3CCCCC3)nc3ccccc3c2=O)cc(Br)c1OCc1ccc(C(=O)O)cc1. The van der Waals surface area contributed by atoms with Crippen LogP contribution in [0.3, 0.4) is 0 Å². The van der Waals surface area contributed by atoms with E-state index in [9.17, 15) is 9.59 Å². The van der Waals surface area contributed by atoms with Gasteiger partial charge in [-0.2, -0.15) is 9.78 Å². The van der Waals surface area contributed by atoms with Gasteiger partial charge in [0.2, 0.25) is 0 Å². The highest BCUT2D eigenvalue weighted by atomic mass is 79.9. The highest BCUT2D eigenvalue weighted by Crippen LogP contribution is 2.37. The maximum atomic E-state index is 13.5. The molecule has 0 unspecified atom stereocenters. The molecule has 1 aliphatic carbocycles. The summed E-state index contributed by atoms with van der Waals surface area (Å²) in [6.07, 6.45) is 7.05. The summed E-state index contributed by atoms with van der Waals surface area (Å²) in [5.74, 6) is 0.912. The minimum absolute atomic E-state index is 0.183. The summed E-state index contributed by atoms with van der Waals surface area (Å²) in [6.45, 7) is 0.227. The number of halogens is 1. The number of hydrogen-bond donors (Lipinski definition) is 1. The van der Waals surface area contributed by atoms with Crippen molar-refractivity contribution in [3.05, 3.63) is 98.0 Å². The second-order valence-electron chi connectivity index (χ2n) is 9.51. The van der Waals surface area contributed by atoms with Gasteiger partial charge in [-0.05, 0) is 76.3 Å². The van der Waals surface area contributed by atoms with Crippen molar-refractivity contribution in [2.45, 2.75) is 44.6 Å². The second kappa shape index (κ2) is 11.8. The average Bonchev–Trinajstić information content (AvgIpc) is 2.96. The van der Waals surface area contributed by atoms with E-state index in [2.05, 4.69) is 21.0 Å². The molecule has 8 nitrogen and oxygen atoms in total. The fraction of sp³-hybridized carbons (Fsp3) is 0.267. The summed E-state index contributed by atoms with van der Waals surface area (Å²) in [7, 11) is 1.55. The van der Waals surface area contributed by atoms with E-state index in [0.29, 0.717) is 38.3 Å². The number of para-hydroxylation sites is 1. The summed E-state index contributed by atoms with van der Waals surface area (Å²) in [4.78, 5) is 29.4. The third kappa shape index (κ3) is 5.88. The first kappa shape index (κ1) is 26.6. The Morgan fingerprint density at radius 1 is 1.13 bits per heavy atom. The van der Waals surface area contributed by atoms with Crippen LogP contribution in [-0.2, 0) is 6.61 Å². The first-order valence-corrected chi connectivity index (χ1v) is 13.6. The minimum atomic E-state index is -0.975. The molecule has 0 bridgehead atoms. The second-order valence-corrected chi connectivity index (χ2v) is 10.4. The lowest BCUT2D eigenvalue weighted by molar-refractivity contribution is 0.0697. The monoisotopic (exact) mass is 589 g/mol. The van der Waals surface area contributed by atoms with Crippen LogP contribution in [0.15, 0.2) is 75.0 Å². The Kier molecular flexibility index (Phi) is 8.07. The molecule has 0 atom stereocenters. The zero-order valence-electron chi connectivity index (χ0n) is 21.5. The van der Waals surface area contributed by atoms with Crippen LogP contribution in [0.5, 0.6) is 11.5 Å². The van der Waals surface area contributed by atoms with Gasteiger partial charge < -0.3 is 14.6 Å². The molecule has 39 heavy (non-hydrogen) atoms. The topological polar surface area (TPSA) is 103 Å². The van der Waals surface area contributed by atoms with Crippen LogP contribution in [-0.4, -0.2) is 34.1 Å². The van der Waals surface area contributed by atoms with Gasteiger partial charge in [0.05, 0.1) is 34.3 Å². The predicted molar refractivity (Wildman–Crippen MR) is 153 cm³/mol. The standard InChI is InChI=1S/C30H28BrN3O5/c1-38-26-16-20(15-24(31)27(26)39-18-19-11-13-22(14-12-19)30(36)37)17-32-34-28(21-7-3-2-4-8-21)33-25-10-6-5-9-23(25)29(34)35/h5-6,9-17,21H,2-4,7-8,18H2,1H3,(H,36,37). The van der Waals surface area contributed by atoms with Crippen molar-refractivity contribution in [2.24, 2.45) is 5.10 Å². The first-order chi connectivity index (χ1) is 18.9. The number of aromatic carboxylic acids is 1. The molecule has 3 aromatic carbocycles. The number of hydrogen-bond acceptors (Lipinski definition) is 6. The normalized spacial score (nSPS) is 14.1. The number of fused-ring (bicyclic) bond motifs is 1. The molecule has 5 rings (SSSR count). The highest BCUT2D eigenvalue weighted by molar-refractivity contribution is 9.10. The molecular formula is C30H28BrN3O5. The molecule has 1 saturated carbocycles. The van der Waals surface area contributed by atoms with E-state index in [1.807, 2.05) is 24.3 Å². The fourth-order valence-corrected chi connectivity index (χ4v) is 5.43. The molecule has 4 aromatic rings. The van der Waals surface area contributed by atoms with Gasteiger partial charge in [0, 0.05) is 5.92 Å². The zero-order valence-corrected chi connectivity index (χ0v) is 23.1. The van der Waals surface area contributed by atoms with E-state index in [1.165, 1.54) is 23.2 Å². The molecule has 9 heteroatoms. The molecule has 0 amide bonds. The zero-order chi connectivity index (χ0) is 27.4. The van der Waals surface area contributed by atoms with Gasteiger partial charge in [0.25, 0.3) is 5.56 Å². The molecule has 1 N–H and O–H groups in total. The van der Waals surface area contributed by atoms with Gasteiger partial charge in [0.1, 0.15) is 12.4 Å². The molecule has 0 aliphatic heterocycles. The Bertz CT molecular complexity index is 1590. The Morgan fingerprint density at radius 2 is 1.87 bits per heavy atom. The van der Waals surface area contributed by atoms with E-state index >= 15 is 0 Å². The lowest BCUT2D eigenvalue weighted by atomic mass is 9.88. The van der Waals surface area contributed by atoms with Crippen LogP contribution in [0, 0.1) is 0 Å². The number of carbonyl (C=O) groups is 1. The number of nitrogens with zero attached hydrogens (tertiary/aromatic N) is 3. The van der Waals surface area contributed by atoms with Crippen LogP contribution >= 0.6 is 15.9 Å². The van der Waals surface area contributed by atoms with Crippen LogP contribution in [0.4, 0.5) is 0 Å². The number of rotatable bonds is 8. The van der Waals surface area contributed by atoms with Crippen LogP contribution in [0.1, 0.15) is 65.3 Å². The molecular weight excluding hydrogens is 562 g/mol. The Morgan fingerprint density at radius 3 is 2.59 bits per heavy atom. The van der Waals surface area contributed by atoms with Gasteiger partial charge >= 0.3 is 5.97 Å². The number of carboxylic acid groups (broad SMARTS) is 1. The first-order valence-electron chi connectivity index (χ1n) is 12.8. The molecule has 200 valence electrons. The highest BCUT2D eigenvalue weighted by Gasteiger charge is 2.22. The lowest BCUT2D eigenvalue weighted by Crippen LogP contribution is -2.25. The van der Waals surface area contributed by atoms with E-state index in [0.717, 1.165) is 31.2 Å². The summed E-state index contributed by atoms with van der Waals surface area (Å²) >= 11 is 3.57. The largest absolute Gasteiger partial charge is 0.493 e. The van der Waals surface area contributed by atoms with Crippen molar-refractivity contribution >= 4 is 39.0 Å². The number of ether oxygens (including phenoxy) is 2. The Hall–Kier alpha value is -3.98. The van der Waals surface area contributed by atoms with Crippen LogP contribution < -0.4 is 15.0 Å². The van der Waals surface area contributed by atoms with E-state index < -0.39 is 5.97 Å². The predicted octanol–water partition coefficient (Wildman–Crippen LogP) is 6.37. The van der Waals surface area contributed by atoms with Crippen LogP contribution in [0.2, 0.25) is 0 Å². The number of benzene rings is 3. The summed E-state index contributed by atoms with van der Waals surface area (Å²) in [5.41, 5.74) is 2.26. The van der Waals surface area contributed by atoms with Gasteiger partial charge in [-0.3, -0.25) is 4.79 Å². The van der Waals surface area contributed by atoms with Crippen molar-refractivity contribution in [2.75, 3.05) is 7.11 Å².